The first-order chi connectivity index (χ1) is 15.1. The van der Waals surface area contributed by atoms with Gasteiger partial charge in [0.05, 0.1) is 6.42 Å². The summed E-state index contributed by atoms with van der Waals surface area (Å²) in [6.45, 7) is 5.78. The van der Waals surface area contributed by atoms with Crippen molar-refractivity contribution in [2.45, 2.75) is 25.6 Å². The van der Waals surface area contributed by atoms with Gasteiger partial charge in [0.1, 0.15) is 0 Å². The number of aliphatic carboxylic acids is 1. The van der Waals surface area contributed by atoms with E-state index in [-0.39, 0.29) is 5.91 Å². The Bertz CT molecular complexity index is 1040. The van der Waals surface area contributed by atoms with Crippen LogP contribution in [0.2, 0.25) is 0 Å². The number of halogens is 3. The van der Waals surface area contributed by atoms with Crippen molar-refractivity contribution in [1.29, 1.82) is 0 Å². The van der Waals surface area contributed by atoms with Crippen molar-refractivity contribution in [3.05, 3.63) is 58.4 Å². The standard InChI is InChI=1S/C20H23N3OS.C2HF3O2/c1-15(18-5-11-25-14-18)22-7-9-23(10-8-22)20(24)13-16-2-3-19-17(12-16)4-6-21-19;3-2(4,5)1(6)7/h2-6,11-12,14-15,21H,7-10,13H2,1H3;(H,6,7). The van der Waals surface area contributed by atoms with Crippen LogP contribution in [0.5, 0.6) is 0 Å². The molecule has 32 heavy (non-hydrogen) atoms. The highest BCUT2D eigenvalue weighted by atomic mass is 32.1. The van der Waals surface area contributed by atoms with Gasteiger partial charge in [-0.15, -0.1) is 0 Å². The van der Waals surface area contributed by atoms with Crippen molar-refractivity contribution < 1.29 is 27.9 Å². The number of thiophene rings is 1. The Kier molecular flexibility index (Phi) is 7.57. The van der Waals surface area contributed by atoms with Gasteiger partial charge in [-0.2, -0.15) is 24.5 Å². The molecule has 2 N–H and O–H groups in total. The molecule has 4 rings (SSSR count). The summed E-state index contributed by atoms with van der Waals surface area (Å²) >= 11 is 1.75. The first-order valence-corrected chi connectivity index (χ1v) is 11.0. The molecule has 0 saturated carbocycles. The van der Waals surface area contributed by atoms with Crippen LogP contribution >= 0.6 is 11.3 Å². The number of amides is 1. The third kappa shape index (κ3) is 6.10. The van der Waals surface area contributed by atoms with Crippen LogP contribution in [0, 0.1) is 0 Å². The quantitative estimate of drug-likeness (QED) is 0.600. The van der Waals surface area contributed by atoms with Crippen molar-refractivity contribution in [2.24, 2.45) is 0 Å². The molecule has 172 valence electrons. The van der Waals surface area contributed by atoms with Gasteiger partial charge in [-0.3, -0.25) is 9.69 Å². The lowest BCUT2D eigenvalue weighted by molar-refractivity contribution is -0.192. The fraction of sp³-hybridized carbons (Fsp3) is 0.364. The maximum atomic E-state index is 12.6. The average molecular weight is 468 g/mol. The first kappa shape index (κ1) is 23.8. The molecule has 1 aliphatic rings. The number of rotatable bonds is 4. The van der Waals surface area contributed by atoms with Gasteiger partial charge in [-0.25, -0.2) is 4.79 Å². The number of hydrogen-bond donors (Lipinski definition) is 2. The summed E-state index contributed by atoms with van der Waals surface area (Å²) in [5, 5.41) is 12.6. The number of aromatic nitrogens is 1. The molecule has 0 bridgehead atoms. The molecule has 1 aromatic carbocycles. The molecule has 0 aliphatic carbocycles. The van der Waals surface area contributed by atoms with Crippen LogP contribution in [0.4, 0.5) is 13.2 Å². The van der Waals surface area contributed by atoms with E-state index in [1.807, 2.05) is 23.2 Å². The second-order valence-electron chi connectivity index (χ2n) is 7.53. The number of carbonyl (C=O) groups is 2. The fourth-order valence-electron chi connectivity index (χ4n) is 3.58. The number of alkyl halides is 3. The number of aromatic amines is 1. The van der Waals surface area contributed by atoms with Crippen LogP contribution in [0.25, 0.3) is 10.9 Å². The highest BCUT2D eigenvalue weighted by molar-refractivity contribution is 7.07. The van der Waals surface area contributed by atoms with E-state index in [4.69, 9.17) is 9.90 Å². The summed E-state index contributed by atoms with van der Waals surface area (Å²) in [6.07, 6.45) is -2.66. The maximum absolute atomic E-state index is 12.6. The maximum Gasteiger partial charge on any atom is 0.490 e. The van der Waals surface area contributed by atoms with E-state index in [0.717, 1.165) is 37.3 Å². The SMILES string of the molecule is CC(c1ccsc1)N1CCN(C(=O)Cc2ccc3[nH]ccc3c2)CC1.O=C(O)C(F)(F)F. The molecule has 0 spiro atoms. The van der Waals surface area contributed by atoms with E-state index < -0.39 is 12.1 Å². The average Bonchev–Trinajstić information content (AvgIpc) is 3.45. The molecule has 6 nitrogen and oxygen atoms in total. The Morgan fingerprint density at radius 1 is 1.16 bits per heavy atom. The molecule has 1 unspecified atom stereocenters. The minimum atomic E-state index is -5.08. The van der Waals surface area contributed by atoms with Gasteiger partial charge >= 0.3 is 12.1 Å². The van der Waals surface area contributed by atoms with Gasteiger partial charge in [0.15, 0.2) is 0 Å². The highest BCUT2D eigenvalue weighted by Gasteiger charge is 2.38. The Hall–Kier alpha value is -2.85. The topological polar surface area (TPSA) is 76.6 Å². The molecule has 0 radical (unpaired) electrons. The van der Waals surface area contributed by atoms with Crippen molar-refractivity contribution >= 4 is 34.1 Å². The molecule has 1 atom stereocenters. The van der Waals surface area contributed by atoms with Crippen molar-refractivity contribution in [3.8, 4) is 0 Å². The van der Waals surface area contributed by atoms with Crippen LogP contribution in [0.15, 0.2) is 47.3 Å². The minimum Gasteiger partial charge on any atom is -0.475 e. The Morgan fingerprint density at radius 3 is 2.44 bits per heavy atom. The number of benzene rings is 1. The third-order valence-electron chi connectivity index (χ3n) is 5.46. The molecular weight excluding hydrogens is 443 g/mol. The van der Waals surface area contributed by atoms with Crippen molar-refractivity contribution in [2.75, 3.05) is 26.2 Å². The van der Waals surface area contributed by atoms with Crippen LogP contribution in [-0.2, 0) is 16.0 Å². The molecule has 3 aromatic rings. The normalized spacial score (nSPS) is 15.8. The summed E-state index contributed by atoms with van der Waals surface area (Å²) in [4.78, 5) is 29.2. The van der Waals surface area contributed by atoms with Crippen molar-refractivity contribution in [1.82, 2.24) is 14.8 Å². The largest absolute Gasteiger partial charge is 0.490 e. The number of carboxylic acids is 1. The molecule has 1 fully saturated rings. The predicted octanol–water partition coefficient (Wildman–Crippen LogP) is 4.31. The number of piperazine rings is 1. The second kappa shape index (κ2) is 10.2. The van der Waals surface area contributed by atoms with Gasteiger partial charge in [0.25, 0.3) is 0 Å². The van der Waals surface area contributed by atoms with E-state index in [1.165, 1.54) is 10.9 Å². The van der Waals surface area contributed by atoms with Crippen LogP contribution in [-0.4, -0.2) is 64.1 Å². The van der Waals surface area contributed by atoms with Gasteiger partial charge in [-0.1, -0.05) is 6.07 Å². The minimum absolute atomic E-state index is 0.234. The molecule has 1 amide bonds. The number of nitrogens with zero attached hydrogens (tertiary/aromatic N) is 2. The molecule has 10 heteroatoms. The number of hydrogen-bond acceptors (Lipinski definition) is 4. The lowest BCUT2D eigenvalue weighted by Crippen LogP contribution is -2.49. The van der Waals surface area contributed by atoms with Crippen molar-refractivity contribution in [3.63, 3.8) is 0 Å². The fourth-order valence-corrected chi connectivity index (χ4v) is 4.33. The van der Waals surface area contributed by atoms with Crippen LogP contribution in [0.3, 0.4) is 0 Å². The molecule has 1 saturated heterocycles. The molecule has 3 heterocycles. The van der Waals surface area contributed by atoms with Gasteiger partial charge < -0.3 is 15.0 Å². The van der Waals surface area contributed by atoms with Crippen LogP contribution < -0.4 is 0 Å². The van der Waals surface area contributed by atoms with E-state index in [0.29, 0.717) is 12.5 Å². The zero-order valence-electron chi connectivity index (χ0n) is 17.4. The Morgan fingerprint density at radius 2 is 1.84 bits per heavy atom. The monoisotopic (exact) mass is 467 g/mol. The van der Waals surface area contributed by atoms with E-state index in [2.05, 4.69) is 45.8 Å². The van der Waals surface area contributed by atoms with E-state index in [1.54, 1.807) is 11.3 Å². The van der Waals surface area contributed by atoms with Gasteiger partial charge in [-0.05, 0) is 58.5 Å². The summed E-state index contributed by atoms with van der Waals surface area (Å²) < 4.78 is 31.7. The Labute approximate surface area is 187 Å². The lowest BCUT2D eigenvalue weighted by atomic mass is 10.1. The predicted molar refractivity (Wildman–Crippen MR) is 117 cm³/mol. The number of fused-ring (bicyclic) bond motifs is 1. The zero-order chi connectivity index (χ0) is 23.3. The number of carbonyl (C=O) groups excluding carboxylic acids is 1. The number of nitrogens with one attached hydrogen (secondary N) is 1. The Balaban J connectivity index is 0.000000360. The summed E-state index contributed by atoms with van der Waals surface area (Å²) in [6, 6.07) is 10.9. The first-order valence-electron chi connectivity index (χ1n) is 10.0. The molecular formula is C22H24F3N3O3S. The van der Waals surface area contributed by atoms with E-state index in [9.17, 15) is 18.0 Å². The summed E-state index contributed by atoms with van der Waals surface area (Å²) in [7, 11) is 0. The second-order valence-corrected chi connectivity index (χ2v) is 8.31. The molecule has 2 aromatic heterocycles. The summed E-state index contributed by atoms with van der Waals surface area (Å²) in [5.74, 6) is -2.52. The zero-order valence-corrected chi connectivity index (χ0v) is 18.2. The van der Waals surface area contributed by atoms with E-state index >= 15 is 0 Å². The van der Waals surface area contributed by atoms with Gasteiger partial charge in [0, 0.05) is 43.9 Å². The smallest absolute Gasteiger partial charge is 0.475 e. The summed E-state index contributed by atoms with van der Waals surface area (Å²) in [5.41, 5.74) is 3.59. The van der Waals surface area contributed by atoms with Gasteiger partial charge in [0.2, 0.25) is 5.91 Å². The number of H-pyrrole nitrogens is 1. The molecule has 1 aliphatic heterocycles. The van der Waals surface area contributed by atoms with Crippen LogP contribution in [0.1, 0.15) is 24.1 Å². The number of carboxylic acid groups (broad SMARTS) is 1. The third-order valence-corrected chi connectivity index (χ3v) is 6.16. The lowest BCUT2D eigenvalue weighted by Gasteiger charge is -2.38. The highest BCUT2D eigenvalue weighted by Crippen LogP contribution is 2.24.